The molecule has 0 spiro atoms. The molecule has 0 N–H and O–H groups in total. The third-order valence-electron chi connectivity index (χ3n) is 3.35. The number of hydrogen-bond acceptors (Lipinski definition) is 2. The summed E-state index contributed by atoms with van der Waals surface area (Å²) in [5.41, 5.74) is 2.01. The van der Waals surface area contributed by atoms with Crippen molar-refractivity contribution in [2.45, 2.75) is 13.3 Å². The van der Waals surface area contributed by atoms with Crippen LogP contribution in [0.1, 0.15) is 22.8 Å². The van der Waals surface area contributed by atoms with Crippen molar-refractivity contribution in [1.29, 1.82) is 0 Å². The molecule has 1 aromatic carbocycles. The molecule has 0 saturated heterocycles. The molecule has 3 heteroatoms. The lowest BCUT2D eigenvalue weighted by Crippen LogP contribution is -2.38. The SMILES string of the molecule is CC1Cc2ccc(OCC[N+](C)(C)C)cc2C1=O. The number of fused-ring (bicyclic) bond motifs is 1. The Balaban J connectivity index is 2.02. The molecule has 0 fully saturated rings. The van der Waals surface area contributed by atoms with Crippen molar-refractivity contribution in [3.63, 3.8) is 0 Å². The number of nitrogens with zero attached hydrogens (tertiary/aromatic N) is 1. The molecule has 1 aromatic rings. The summed E-state index contributed by atoms with van der Waals surface area (Å²) in [6.07, 6.45) is 0.868. The summed E-state index contributed by atoms with van der Waals surface area (Å²) in [7, 11) is 6.41. The van der Waals surface area contributed by atoms with E-state index in [0.29, 0.717) is 6.61 Å². The third-order valence-corrected chi connectivity index (χ3v) is 3.35. The molecule has 0 heterocycles. The molecule has 3 nitrogen and oxygen atoms in total. The fourth-order valence-electron chi connectivity index (χ4n) is 2.18. The van der Waals surface area contributed by atoms with Gasteiger partial charge < -0.3 is 9.22 Å². The van der Waals surface area contributed by atoms with Crippen LogP contribution in [0.2, 0.25) is 0 Å². The van der Waals surface area contributed by atoms with Crippen LogP contribution in [-0.4, -0.2) is 44.6 Å². The molecular formula is C15H22NO2+. The van der Waals surface area contributed by atoms with E-state index in [2.05, 4.69) is 21.1 Å². The first kappa shape index (κ1) is 13.1. The first-order valence-electron chi connectivity index (χ1n) is 6.47. The number of carbonyl (C=O) groups excluding carboxylic acids is 1. The highest BCUT2D eigenvalue weighted by molar-refractivity contribution is 6.02. The first-order chi connectivity index (χ1) is 8.37. The van der Waals surface area contributed by atoms with Gasteiger partial charge in [-0.05, 0) is 24.1 Å². The number of hydrogen-bond donors (Lipinski definition) is 0. The van der Waals surface area contributed by atoms with E-state index in [1.807, 2.05) is 25.1 Å². The molecule has 18 heavy (non-hydrogen) atoms. The lowest BCUT2D eigenvalue weighted by atomic mass is 10.1. The van der Waals surface area contributed by atoms with E-state index in [1.165, 1.54) is 0 Å². The van der Waals surface area contributed by atoms with Gasteiger partial charge in [-0.15, -0.1) is 0 Å². The van der Waals surface area contributed by atoms with Crippen molar-refractivity contribution >= 4 is 5.78 Å². The standard InChI is InChI=1S/C15H22NO2/c1-11-9-12-5-6-13(10-14(12)15(11)17)18-8-7-16(2,3)4/h5-6,10-11H,7-9H2,1-4H3/q+1. The van der Waals surface area contributed by atoms with Gasteiger partial charge in [0.25, 0.3) is 0 Å². The van der Waals surface area contributed by atoms with Crippen molar-refractivity contribution in [3.05, 3.63) is 29.3 Å². The van der Waals surface area contributed by atoms with E-state index < -0.39 is 0 Å². The molecule has 0 amide bonds. The van der Waals surface area contributed by atoms with Crippen molar-refractivity contribution in [1.82, 2.24) is 0 Å². The number of carbonyl (C=O) groups is 1. The fourth-order valence-corrected chi connectivity index (χ4v) is 2.18. The van der Waals surface area contributed by atoms with Crippen molar-refractivity contribution in [2.24, 2.45) is 5.92 Å². The molecular weight excluding hydrogens is 226 g/mol. The van der Waals surface area contributed by atoms with E-state index >= 15 is 0 Å². The smallest absolute Gasteiger partial charge is 0.166 e. The van der Waals surface area contributed by atoms with Crippen LogP contribution in [0.25, 0.3) is 0 Å². The minimum Gasteiger partial charge on any atom is -0.488 e. The Kier molecular flexibility index (Phi) is 3.44. The summed E-state index contributed by atoms with van der Waals surface area (Å²) < 4.78 is 6.60. The van der Waals surface area contributed by atoms with Crippen LogP contribution in [-0.2, 0) is 6.42 Å². The monoisotopic (exact) mass is 248 g/mol. The highest BCUT2D eigenvalue weighted by Gasteiger charge is 2.27. The highest BCUT2D eigenvalue weighted by Crippen LogP contribution is 2.29. The van der Waals surface area contributed by atoms with E-state index in [-0.39, 0.29) is 11.7 Å². The Morgan fingerprint density at radius 1 is 1.33 bits per heavy atom. The summed E-state index contributed by atoms with van der Waals surface area (Å²) in [5.74, 6) is 1.19. The van der Waals surface area contributed by atoms with Crippen molar-refractivity contribution in [3.8, 4) is 5.75 Å². The van der Waals surface area contributed by atoms with E-state index in [9.17, 15) is 4.79 Å². The minimum absolute atomic E-state index is 0.126. The third kappa shape index (κ3) is 2.91. The summed E-state index contributed by atoms with van der Waals surface area (Å²) in [6.45, 7) is 3.60. The predicted molar refractivity (Wildman–Crippen MR) is 72.0 cm³/mol. The molecule has 0 bridgehead atoms. The molecule has 98 valence electrons. The molecule has 1 atom stereocenters. The number of Topliss-reactive ketones (excluding diaryl/α,β-unsaturated/α-hetero) is 1. The van der Waals surface area contributed by atoms with Gasteiger partial charge in [-0.3, -0.25) is 4.79 Å². The quantitative estimate of drug-likeness (QED) is 0.763. The molecule has 1 unspecified atom stereocenters. The number of ketones is 1. The van der Waals surface area contributed by atoms with Gasteiger partial charge in [-0.25, -0.2) is 0 Å². The number of likely N-dealkylation sites (N-methyl/N-ethyl adjacent to an activating group) is 1. The van der Waals surface area contributed by atoms with Gasteiger partial charge in [0.15, 0.2) is 5.78 Å². The minimum atomic E-state index is 0.126. The van der Waals surface area contributed by atoms with Gasteiger partial charge in [0.05, 0.1) is 21.1 Å². The second-order valence-corrected chi connectivity index (χ2v) is 6.15. The van der Waals surface area contributed by atoms with Crippen LogP contribution in [0.4, 0.5) is 0 Å². The van der Waals surface area contributed by atoms with Gasteiger partial charge in [0.1, 0.15) is 18.9 Å². The zero-order valence-corrected chi connectivity index (χ0v) is 11.7. The average Bonchev–Trinajstić information content (AvgIpc) is 2.54. The van der Waals surface area contributed by atoms with Crippen LogP contribution in [0, 0.1) is 5.92 Å². The fraction of sp³-hybridized carbons (Fsp3) is 0.533. The van der Waals surface area contributed by atoms with E-state index in [0.717, 1.165) is 34.3 Å². The molecule has 0 radical (unpaired) electrons. The largest absolute Gasteiger partial charge is 0.488 e. The lowest BCUT2D eigenvalue weighted by molar-refractivity contribution is -0.870. The van der Waals surface area contributed by atoms with Gasteiger partial charge in [-0.1, -0.05) is 13.0 Å². The van der Waals surface area contributed by atoms with Crippen LogP contribution < -0.4 is 4.74 Å². The number of rotatable bonds is 4. The predicted octanol–water partition coefficient (Wildman–Crippen LogP) is 2.15. The first-order valence-corrected chi connectivity index (χ1v) is 6.47. The Hall–Kier alpha value is -1.35. The Labute approximate surface area is 109 Å². The van der Waals surface area contributed by atoms with Gasteiger partial charge in [0, 0.05) is 11.5 Å². The maximum Gasteiger partial charge on any atom is 0.166 e. The Morgan fingerprint density at radius 2 is 2.06 bits per heavy atom. The van der Waals surface area contributed by atoms with Crippen LogP contribution in [0.3, 0.4) is 0 Å². The molecule has 2 rings (SSSR count). The second kappa shape index (κ2) is 4.73. The van der Waals surface area contributed by atoms with Gasteiger partial charge in [0.2, 0.25) is 0 Å². The Bertz CT molecular complexity index is 460. The summed E-state index contributed by atoms with van der Waals surface area (Å²) >= 11 is 0. The maximum atomic E-state index is 11.9. The summed E-state index contributed by atoms with van der Waals surface area (Å²) in [4.78, 5) is 11.9. The van der Waals surface area contributed by atoms with Crippen molar-refractivity contribution < 1.29 is 14.0 Å². The van der Waals surface area contributed by atoms with Crippen molar-refractivity contribution in [2.75, 3.05) is 34.3 Å². The average molecular weight is 248 g/mol. The van der Waals surface area contributed by atoms with E-state index in [4.69, 9.17) is 4.74 Å². The van der Waals surface area contributed by atoms with Crippen LogP contribution in [0.15, 0.2) is 18.2 Å². The zero-order chi connectivity index (χ0) is 13.3. The summed E-state index contributed by atoms with van der Waals surface area (Å²) in [5, 5.41) is 0. The van der Waals surface area contributed by atoms with Crippen LogP contribution in [0.5, 0.6) is 5.75 Å². The molecule has 1 aliphatic rings. The second-order valence-electron chi connectivity index (χ2n) is 6.15. The lowest BCUT2D eigenvalue weighted by Gasteiger charge is -2.23. The molecule has 0 aliphatic heterocycles. The van der Waals surface area contributed by atoms with Gasteiger partial charge in [-0.2, -0.15) is 0 Å². The number of benzene rings is 1. The topological polar surface area (TPSA) is 26.3 Å². The number of ether oxygens (including phenoxy) is 1. The van der Waals surface area contributed by atoms with Gasteiger partial charge >= 0.3 is 0 Å². The molecule has 1 aliphatic carbocycles. The maximum absolute atomic E-state index is 11.9. The Morgan fingerprint density at radius 3 is 2.72 bits per heavy atom. The normalized spacial score (nSPS) is 18.9. The highest BCUT2D eigenvalue weighted by atomic mass is 16.5. The van der Waals surface area contributed by atoms with Crippen LogP contribution >= 0.6 is 0 Å². The molecule has 0 aromatic heterocycles. The molecule has 0 saturated carbocycles. The van der Waals surface area contributed by atoms with E-state index in [1.54, 1.807) is 0 Å². The summed E-state index contributed by atoms with van der Waals surface area (Å²) in [6, 6.07) is 5.90. The zero-order valence-electron chi connectivity index (χ0n) is 11.7. The number of quaternary nitrogens is 1.